The molecule has 0 spiro atoms. The number of carbonyl (C=O) groups excluding carboxylic acids is 1. The molecule has 1 aliphatic rings. The third-order valence-electron chi connectivity index (χ3n) is 5.02. The summed E-state index contributed by atoms with van der Waals surface area (Å²) >= 11 is 0. The van der Waals surface area contributed by atoms with Crippen LogP contribution in [0.1, 0.15) is 18.4 Å². The molecule has 0 atom stereocenters. The Morgan fingerprint density at radius 1 is 0.964 bits per heavy atom. The number of benzene rings is 2. The van der Waals surface area contributed by atoms with Crippen molar-refractivity contribution in [2.45, 2.75) is 24.2 Å². The van der Waals surface area contributed by atoms with Gasteiger partial charge in [-0.2, -0.15) is 0 Å². The SMILES string of the molecule is O=C(OCCOc1ccnc2ccccc12)C1(c2ccccc2)CC(F)(F)C1. The lowest BCUT2D eigenvalue weighted by Gasteiger charge is -2.45. The van der Waals surface area contributed by atoms with Crippen molar-refractivity contribution in [2.24, 2.45) is 0 Å². The highest BCUT2D eigenvalue weighted by Gasteiger charge is 2.62. The molecule has 0 unspecified atom stereocenters. The van der Waals surface area contributed by atoms with E-state index in [1.807, 2.05) is 24.3 Å². The third-order valence-corrected chi connectivity index (χ3v) is 5.02. The normalized spacial score (nSPS) is 16.9. The van der Waals surface area contributed by atoms with Crippen LogP contribution in [0.25, 0.3) is 10.9 Å². The number of esters is 1. The van der Waals surface area contributed by atoms with Gasteiger partial charge in [0.2, 0.25) is 0 Å². The minimum Gasteiger partial charge on any atom is -0.489 e. The molecule has 3 aromatic rings. The number of rotatable bonds is 6. The van der Waals surface area contributed by atoms with Gasteiger partial charge in [0.1, 0.15) is 24.4 Å². The van der Waals surface area contributed by atoms with Gasteiger partial charge in [-0.25, -0.2) is 8.78 Å². The molecule has 1 saturated carbocycles. The Kier molecular flexibility index (Phi) is 4.71. The van der Waals surface area contributed by atoms with Crippen LogP contribution < -0.4 is 4.74 Å². The van der Waals surface area contributed by atoms with Crippen molar-refractivity contribution in [2.75, 3.05) is 13.2 Å². The second kappa shape index (κ2) is 7.19. The number of hydrogen-bond acceptors (Lipinski definition) is 4. The lowest BCUT2D eigenvalue weighted by molar-refractivity contribution is -0.180. The second-order valence-electron chi connectivity index (χ2n) is 6.97. The first-order chi connectivity index (χ1) is 13.5. The van der Waals surface area contributed by atoms with Crippen molar-refractivity contribution in [1.82, 2.24) is 4.98 Å². The van der Waals surface area contributed by atoms with Gasteiger partial charge in [-0.3, -0.25) is 9.78 Å². The maximum atomic E-state index is 13.6. The third kappa shape index (κ3) is 3.42. The van der Waals surface area contributed by atoms with E-state index in [1.165, 1.54) is 0 Å². The summed E-state index contributed by atoms with van der Waals surface area (Å²) in [4.78, 5) is 16.9. The second-order valence-corrected chi connectivity index (χ2v) is 6.97. The van der Waals surface area contributed by atoms with Crippen molar-refractivity contribution >= 4 is 16.9 Å². The van der Waals surface area contributed by atoms with Gasteiger partial charge < -0.3 is 9.47 Å². The molecule has 1 aliphatic carbocycles. The van der Waals surface area contributed by atoms with Crippen LogP contribution in [-0.2, 0) is 14.9 Å². The maximum Gasteiger partial charge on any atom is 0.317 e. The summed E-state index contributed by atoms with van der Waals surface area (Å²) in [6.45, 7) is 0.108. The minimum atomic E-state index is -2.85. The molecule has 6 heteroatoms. The van der Waals surface area contributed by atoms with E-state index < -0.39 is 30.1 Å². The standard InChI is InChI=1S/C22H19F2NO3/c23-22(24)14-21(15-22,16-6-2-1-3-7-16)20(26)28-13-12-27-19-10-11-25-18-9-5-4-8-17(18)19/h1-11H,12-15H2. The van der Waals surface area contributed by atoms with E-state index in [9.17, 15) is 13.6 Å². The number of fused-ring (bicyclic) bond motifs is 1. The van der Waals surface area contributed by atoms with Crippen LogP contribution in [0.4, 0.5) is 8.78 Å². The van der Waals surface area contributed by atoms with Crippen molar-refractivity contribution in [3.05, 3.63) is 72.4 Å². The van der Waals surface area contributed by atoms with E-state index in [-0.39, 0.29) is 13.2 Å². The maximum absolute atomic E-state index is 13.6. The highest BCUT2D eigenvalue weighted by molar-refractivity contribution is 5.85. The van der Waals surface area contributed by atoms with Crippen LogP contribution >= 0.6 is 0 Å². The number of hydrogen-bond donors (Lipinski definition) is 0. The Bertz CT molecular complexity index is 978. The van der Waals surface area contributed by atoms with E-state index in [0.717, 1.165) is 10.9 Å². The van der Waals surface area contributed by atoms with Crippen molar-refractivity contribution in [1.29, 1.82) is 0 Å². The molecule has 4 nitrogen and oxygen atoms in total. The van der Waals surface area contributed by atoms with Crippen molar-refractivity contribution in [3.8, 4) is 5.75 Å². The number of nitrogens with zero attached hydrogens (tertiary/aromatic N) is 1. The topological polar surface area (TPSA) is 48.4 Å². The van der Waals surface area contributed by atoms with Gasteiger partial charge >= 0.3 is 5.97 Å². The van der Waals surface area contributed by atoms with E-state index in [0.29, 0.717) is 11.3 Å². The Morgan fingerprint density at radius 2 is 1.68 bits per heavy atom. The number of aromatic nitrogens is 1. The Hall–Kier alpha value is -3.02. The van der Waals surface area contributed by atoms with Gasteiger partial charge in [-0.05, 0) is 23.8 Å². The van der Waals surface area contributed by atoms with Gasteiger partial charge in [0.25, 0.3) is 5.92 Å². The fourth-order valence-corrected chi connectivity index (χ4v) is 3.67. The van der Waals surface area contributed by atoms with Gasteiger partial charge in [0.15, 0.2) is 0 Å². The zero-order valence-electron chi connectivity index (χ0n) is 15.1. The lowest BCUT2D eigenvalue weighted by atomic mass is 9.62. The van der Waals surface area contributed by atoms with Gasteiger partial charge in [-0.1, -0.05) is 42.5 Å². The first-order valence-corrected chi connectivity index (χ1v) is 9.07. The molecule has 1 fully saturated rings. The molecule has 1 heterocycles. The summed E-state index contributed by atoms with van der Waals surface area (Å²) < 4.78 is 38.2. The monoisotopic (exact) mass is 383 g/mol. The predicted molar refractivity (Wildman–Crippen MR) is 100 cm³/mol. The Morgan fingerprint density at radius 3 is 2.43 bits per heavy atom. The first kappa shape index (κ1) is 18.3. The molecule has 4 rings (SSSR count). The Balaban J connectivity index is 1.39. The fraction of sp³-hybridized carbons (Fsp3) is 0.273. The number of para-hydroxylation sites is 1. The van der Waals surface area contributed by atoms with Crippen LogP contribution in [0, 0.1) is 0 Å². The number of carbonyl (C=O) groups is 1. The average Bonchev–Trinajstić information content (AvgIpc) is 2.69. The summed E-state index contributed by atoms with van der Waals surface area (Å²) in [5.74, 6) is -2.84. The van der Waals surface area contributed by atoms with E-state index >= 15 is 0 Å². The Labute approximate surface area is 161 Å². The molecule has 0 amide bonds. The quantitative estimate of drug-likeness (QED) is 0.464. The van der Waals surface area contributed by atoms with E-state index in [4.69, 9.17) is 9.47 Å². The summed E-state index contributed by atoms with van der Waals surface area (Å²) in [7, 11) is 0. The van der Waals surface area contributed by atoms with Crippen molar-refractivity contribution in [3.63, 3.8) is 0 Å². The predicted octanol–water partition coefficient (Wildman–Crippen LogP) is 4.52. The number of ether oxygens (including phenoxy) is 2. The molecule has 0 radical (unpaired) electrons. The molecule has 2 aromatic carbocycles. The molecule has 144 valence electrons. The average molecular weight is 383 g/mol. The molecule has 0 N–H and O–H groups in total. The largest absolute Gasteiger partial charge is 0.489 e. The molecule has 1 aromatic heterocycles. The van der Waals surface area contributed by atoms with Crippen LogP contribution in [0.5, 0.6) is 5.75 Å². The number of halogens is 2. The zero-order chi connectivity index (χ0) is 19.6. The van der Waals surface area contributed by atoms with E-state index in [2.05, 4.69) is 4.98 Å². The summed E-state index contributed by atoms with van der Waals surface area (Å²) in [6, 6.07) is 17.9. The minimum absolute atomic E-state index is 0.0182. The van der Waals surface area contributed by atoms with Gasteiger partial charge in [-0.15, -0.1) is 0 Å². The lowest BCUT2D eigenvalue weighted by Crippen LogP contribution is -2.55. The molecule has 0 aliphatic heterocycles. The molecule has 0 bridgehead atoms. The van der Waals surface area contributed by atoms with Crippen LogP contribution in [0.2, 0.25) is 0 Å². The first-order valence-electron chi connectivity index (χ1n) is 9.07. The molecule has 0 saturated heterocycles. The fourth-order valence-electron chi connectivity index (χ4n) is 3.67. The molecular formula is C22H19F2NO3. The molecular weight excluding hydrogens is 364 g/mol. The number of pyridine rings is 1. The summed E-state index contributed by atoms with van der Waals surface area (Å²) in [5.41, 5.74) is 0.0809. The molecule has 28 heavy (non-hydrogen) atoms. The summed E-state index contributed by atoms with van der Waals surface area (Å²) in [6.07, 6.45) is 0.585. The van der Waals surface area contributed by atoms with Crippen LogP contribution in [0.3, 0.4) is 0 Å². The van der Waals surface area contributed by atoms with Crippen LogP contribution in [0.15, 0.2) is 66.9 Å². The highest BCUT2D eigenvalue weighted by Crippen LogP contribution is 2.54. The van der Waals surface area contributed by atoms with E-state index in [1.54, 1.807) is 42.6 Å². The highest BCUT2D eigenvalue weighted by atomic mass is 19.3. The zero-order valence-corrected chi connectivity index (χ0v) is 15.1. The van der Waals surface area contributed by atoms with Gasteiger partial charge in [0, 0.05) is 24.4 Å². The van der Waals surface area contributed by atoms with Crippen molar-refractivity contribution < 1.29 is 23.0 Å². The van der Waals surface area contributed by atoms with Gasteiger partial charge in [0.05, 0.1) is 5.52 Å². The smallest absolute Gasteiger partial charge is 0.317 e. The van der Waals surface area contributed by atoms with Crippen LogP contribution in [-0.4, -0.2) is 30.1 Å². The number of alkyl halides is 2. The summed E-state index contributed by atoms with van der Waals surface area (Å²) in [5, 5.41) is 0.857.